The molecular formula is C16H20N4O6S2. The van der Waals surface area contributed by atoms with Gasteiger partial charge in [-0.15, -0.1) is 0 Å². The normalized spacial score (nSPS) is 21.4. The summed E-state index contributed by atoms with van der Waals surface area (Å²) in [6.45, 7) is 3.56. The molecular weight excluding hydrogens is 408 g/mol. The largest absolute Gasteiger partial charge is 0.462 e. The number of hydrogen-bond donors (Lipinski definition) is 1. The molecule has 0 aliphatic carbocycles. The second-order valence-electron chi connectivity index (χ2n) is 6.45. The zero-order chi connectivity index (χ0) is 20.5. The average molecular weight is 428 g/mol. The SMILES string of the molecule is CCOC(=O)c1sc(NC(=O)C2=NN(C3CCS(=O)(=O)C3)C(=O)CC2)nc1C. The van der Waals surface area contributed by atoms with Gasteiger partial charge < -0.3 is 4.74 Å². The number of ether oxygens (including phenoxy) is 1. The Morgan fingerprint density at radius 1 is 1.36 bits per heavy atom. The van der Waals surface area contributed by atoms with E-state index in [-0.39, 0.29) is 47.7 Å². The van der Waals surface area contributed by atoms with Crippen LogP contribution in [0.4, 0.5) is 5.13 Å². The standard InChI is InChI=1S/C16H20N4O6S2/c1-3-26-15(23)13-9(2)17-16(27-13)18-14(22)11-4-5-12(21)20(19-11)10-6-7-28(24,25)8-10/h10H,3-8H2,1-2H3,(H,17,18,22). The van der Waals surface area contributed by atoms with E-state index in [0.29, 0.717) is 17.0 Å². The fraction of sp³-hybridized carbons (Fsp3) is 0.562. The number of nitrogens with one attached hydrogen (secondary N) is 1. The summed E-state index contributed by atoms with van der Waals surface area (Å²) in [5.41, 5.74) is 0.562. The van der Waals surface area contributed by atoms with E-state index in [4.69, 9.17) is 4.74 Å². The van der Waals surface area contributed by atoms with E-state index in [2.05, 4.69) is 15.4 Å². The van der Waals surface area contributed by atoms with Gasteiger partial charge in [0.25, 0.3) is 5.91 Å². The number of aromatic nitrogens is 1. The zero-order valence-electron chi connectivity index (χ0n) is 15.4. The summed E-state index contributed by atoms with van der Waals surface area (Å²) >= 11 is 0.994. The summed E-state index contributed by atoms with van der Waals surface area (Å²) in [5.74, 6) is -1.48. The molecule has 12 heteroatoms. The summed E-state index contributed by atoms with van der Waals surface area (Å²) < 4.78 is 28.3. The molecule has 1 atom stereocenters. The van der Waals surface area contributed by atoms with E-state index in [9.17, 15) is 22.8 Å². The molecule has 1 aromatic heterocycles. The number of rotatable bonds is 5. The van der Waals surface area contributed by atoms with Crippen molar-refractivity contribution in [3.63, 3.8) is 0 Å². The van der Waals surface area contributed by atoms with Crippen LogP contribution in [0.2, 0.25) is 0 Å². The summed E-state index contributed by atoms with van der Waals surface area (Å²) in [6, 6.07) is -0.543. The molecule has 2 amide bonds. The Bertz CT molecular complexity index is 952. The Morgan fingerprint density at radius 3 is 2.75 bits per heavy atom. The van der Waals surface area contributed by atoms with Crippen LogP contribution < -0.4 is 5.32 Å². The molecule has 0 spiro atoms. The third-order valence-electron chi connectivity index (χ3n) is 4.35. The van der Waals surface area contributed by atoms with Crippen LogP contribution in [-0.4, -0.2) is 66.1 Å². The maximum atomic E-state index is 12.5. The van der Waals surface area contributed by atoms with Crippen molar-refractivity contribution in [2.75, 3.05) is 23.4 Å². The minimum absolute atomic E-state index is 0.00747. The van der Waals surface area contributed by atoms with Gasteiger partial charge >= 0.3 is 5.97 Å². The first-order valence-electron chi connectivity index (χ1n) is 8.76. The number of aryl methyl sites for hydroxylation is 1. The predicted octanol–water partition coefficient (Wildman–Crippen LogP) is 0.732. The van der Waals surface area contributed by atoms with Gasteiger partial charge in [-0.2, -0.15) is 5.10 Å². The summed E-state index contributed by atoms with van der Waals surface area (Å²) in [6.07, 6.45) is 0.532. The molecule has 1 unspecified atom stereocenters. The number of carbonyl (C=O) groups excluding carboxylic acids is 3. The van der Waals surface area contributed by atoms with E-state index in [1.807, 2.05) is 0 Å². The number of thiazole rings is 1. The number of carbonyl (C=O) groups is 3. The molecule has 2 aliphatic rings. The van der Waals surface area contributed by atoms with Gasteiger partial charge in [0, 0.05) is 12.8 Å². The summed E-state index contributed by atoms with van der Waals surface area (Å²) in [4.78, 5) is 41.0. The maximum Gasteiger partial charge on any atom is 0.350 e. The monoisotopic (exact) mass is 428 g/mol. The lowest BCUT2D eigenvalue weighted by Crippen LogP contribution is -2.42. The second kappa shape index (κ2) is 7.95. The maximum absolute atomic E-state index is 12.5. The predicted molar refractivity (Wildman–Crippen MR) is 102 cm³/mol. The van der Waals surface area contributed by atoms with Gasteiger partial charge in [-0.1, -0.05) is 11.3 Å². The summed E-state index contributed by atoms with van der Waals surface area (Å²) in [5, 5.41) is 8.04. The van der Waals surface area contributed by atoms with E-state index < -0.39 is 27.8 Å². The zero-order valence-corrected chi connectivity index (χ0v) is 17.1. The van der Waals surface area contributed by atoms with Gasteiger partial charge in [-0.05, 0) is 20.3 Å². The van der Waals surface area contributed by atoms with Crippen molar-refractivity contribution in [2.45, 2.75) is 39.2 Å². The molecule has 2 aliphatic heterocycles. The fourth-order valence-corrected chi connectivity index (χ4v) is 5.54. The van der Waals surface area contributed by atoms with Crippen molar-refractivity contribution in [2.24, 2.45) is 5.10 Å². The highest BCUT2D eigenvalue weighted by Gasteiger charge is 2.37. The Kier molecular flexibility index (Phi) is 5.79. The number of hydrazone groups is 1. The van der Waals surface area contributed by atoms with Crippen LogP contribution in [0.15, 0.2) is 5.10 Å². The van der Waals surface area contributed by atoms with Gasteiger partial charge in [-0.3, -0.25) is 14.9 Å². The molecule has 1 fully saturated rings. The smallest absolute Gasteiger partial charge is 0.350 e. The van der Waals surface area contributed by atoms with Crippen LogP contribution in [-0.2, 0) is 24.2 Å². The highest BCUT2D eigenvalue weighted by atomic mass is 32.2. The molecule has 1 aromatic rings. The number of sulfone groups is 1. The highest BCUT2D eigenvalue weighted by Crippen LogP contribution is 2.25. The first kappa shape index (κ1) is 20.4. The first-order chi connectivity index (χ1) is 13.2. The van der Waals surface area contributed by atoms with Crippen LogP contribution in [0.1, 0.15) is 41.6 Å². The Labute approximate surface area is 165 Å². The van der Waals surface area contributed by atoms with Gasteiger partial charge in [-0.25, -0.2) is 23.2 Å². The minimum Gasteiger partial charge on any atom is -0.462 e. The molecule has 0 saturated carbocycles. The number of amides is 2. The van der Waals surface area contributed by atoms with Crippen molar-refractivity contribution in [1.29, 1.82) is 0 Å². The second-order valence-corrected chi connectivity index (χ2v) is 9.68. The van der Waals surface area contributed by atoms with Gasteiger partial charge in [0.05, 0.1) is 29.8 Å². The minimum atomic E-state index is -3.19. The Hall–Kier alpha value is -2.34. The fourth-order valence-electron chi connectivity index (χ4n) is 2.99. The van der Waals surface area contributed by atoms with Gasteiger partial charge in [0.2, 0.25) is 5.91 Å². The molecule has 0 radical (unpaired) electrons. The lowest BCUT2D eigenvalue weighted by Gasteiger charge is -2.27. The third kappa shape index (κ3) is 4.38. The lowest BCUT2D eigenvalue weighted by molar-refractivity contribution is -0.133. The average Bonchev–Trinajstić information content (AvgIpc) is 3.17. The molecule has 3 heterocycles. The Balaban J connectivity index is 1.73. The van der Waals surface area contributed by atoms with E-state index >= 15 is 0 Å². The first-order valence-corrected chi connectivity index (χ1v) is 11.4. The van der Waals surface area contributed by atoms with Crippen molar-refractivity contribution in [1.82, 2.24) is 9.99 Å². The molecule has 10 nitrogen and oxygen atoms in total. The number of hydrogen-bond acceptors (Lipinski definition) is 9. The molecule has 1 saturated heterocycles. The van der Waals surface area contributed by atoms with Crippen molar-refractivity contribution >= 4 is 49.8 Å². The molecule has 152 valence electrons. The van der Waals surface area contributed by atoms with Crippen LogP contribution in [0.3, 0.4) is 0 Å². The van der Waals surface area contributed by atoms with Crippen molar-refractivity contribution < 1.29 is 27.5 Å². The molecule has 0 bridgehead atoms. The van der Waals surface area contributed by atoms with Crippen molar-refractivity contribution in [3.8, 4) is 0 Å². The topological polar surface area (TPSA) is 135 Å². The molecule has 0 aromatic carbocycles. The lowest BCUT2D eigenvalue weighted by atomic mass is 10.1. The van der Waals surface area contributed by atoms with Crippen LogP contribution in [0, 0.1) is 6.92 Å². The summed E-state index contributed by atoms with van der Waals surface area (Å²) in [7, 11) is -3.19. The third-order valence-corrected chi connectivity index (χ3v) is 7.16. The van der Waals surface area contributed by atoms with Gasteiger partial charge in [0.1, 0.15) is 10.6 Å². The number of anilines is 1. The highest BCUT2D eigenvalue weighted by molar-refractivity contribution is 7.91. The van der Waals surface area contributed by atoms with Crippen LogP contribution in [0.25, 0.3) is 0 Å². The van der Waals surface area contributed by atoms with Crippen LogP contribution >= 0.6 is 11.3 Å². The van der Waals surface area contributed by atoms with Crippen molar-refractivity contribution in [3.05, 3.63) is 10.6 Å². The molecule has 1 N–H and O–H groups in total. The number of nitrogens with zero attached hydrogens (tertiary/aromatic N) is 3. The Morgan fingerprint density at radius 2 is 2.11 bits per heavy atom. The van der Waals surface area contributed by atoms with E-state index in [0.717, 1.165) is 16.3 Å². The van der Waals surface area contributed by atoms with E-state index in [1.165, 1.54) is 0 Å². The van der Waals surface area contributed by atoms with Crippen LogP contribution in [0.5, 0.6) is 0 Å². The van der Waals surface area contributed by atoms with Gasteiger partial charge in [0.15, 0.2) is 15.0 Å². The van der Waals surface area contributed by atoms with E-state index in [1.54, 1.807) is 13.8 Å². The quantitative estimate of drug-likeness (QED) is 0.683. The number of esters is 1. The molecule has 3 rings (SSSR count). The molecule has 28 heavy (non-hydrogen) atoms.